The van der Waals surface area contributed by atoms with E-state index in [4.69, 9.17) is 0 Å². The Balaban J connectivity index is 2.80. The van der Waals surface area contributed by atoms with Gasteiger partial charge in [0.2, 0.25) is 0 Å². The molecule has 2 heteroatoms. The topological polar surface area (TPSA) is 24.1 Å². The van der Waals surface area contributed by atoms with Crippen LogP contribution in [0.2, 0.25) is 0 Å². The first-order valence-corrected chi connectivity index (χ1v) is 8.12. The maximum atomic E-state index is 3.61. The Kier molecular flexibility index (Phi) is 6.74. The summed E-state index contributed by atoms with van der Waals surface area (Å²) in [5.41, 5.74) is 0. The first-order valence-electron chi connectivity index (χ1n) is 8.12. The van der Waals surface area contributed by atoms with Gasteiger partial charge in [0.05, 0.1) is 0 Å². The number of nitrogens with one attached hydrogen (secondary N) is 2. The third kappa shape index (κ3) is 5.08. The van der Waals surface area contributed by atoms with Crippen molar-refractivity contribution in [1.29, 1.82) is 0 Å². The van der Waals surface area contributed by atoms with Gasteiger partial charge < -0.3 is 10.6 Å². The summed E-state index contributed by atoms with van der Waals surface area (Å²) >= 11 is 0. The molecular formula is C17H34N2. The Morgan fingerprint density at radius 1 is 0.895 bits per heavy atom. The van der Waals surface area contributed by atoms with Gasteiger partial charge in [-0.3, -0.25) is 0 Å². The standard InChI is InChI=1S/C17H34N2/c1-7-14(6)17-11-15(12(2)3)10-16(13(4)5)18-8-9-19-17/h8-9,12-19H,7,10-11H2,1-6H3/b9-8-. The minimum Gasteiger partial charge on any atom is -0.387 e. The minimum atomic E-state index is 0.598. The highest BCUT2D eigenvalue weighted by Gasteiger charge is 2.26. The van der Waals surface area contributed by atoms with Gasteiger partial charge in [-0.2, -0.15) is 0 Å². The fourth-order valence-corrected chi connectivity index (χ4v) is 2.92. The van der Waals surface area contributed by atoms with Crippen LogP contribution < -0.4 is 10.6 Å². The van der Waals surface area contributed by atoms with Crippen molar-refractivity contribution in [2.75, 3.05) is 0 Å². The molecular weight excluding hydrogens is 232 g/mol. The third-order valence-electron chi connectivity index (χ3n) is 4.90. The van der Waals surface area contributed by atoms with Crippen LogP contribution in [0.1, 0.15) is 60.8 Å². The van der Waals surface area contributed by atoms with Gasteiger partial charge in [-0.1, -0.05) is 48.0 Å². The third-order valence-corrected chi connectivity index (χ3v) is 4.90. The molecule has 0 saturated carbocycles. The van der Waals surface area contributed by atoms with Crippen LogP contribution in [-0.4, -0.2) is 12.1 Å². The summed E-state index contributed by atoms with van der Waals surface area (Å²) in [5, 5.41) is 7.19. The number of hydrogen-bond acceptors (Lipinski definition) is 2. The molecule has 2 nitrogen and oxygen atoms in total. The second-order valence-corrected chi connectivity index (χ2v) is 6.98. The van der Waals surface area contributed by atoms with Gasteiger partial charge in [0.15, 0.2) is 0 Å². The predicted octanol–water partition coefficient (Wildman–Crippen LogP) is 4.14. The highest BCUT2D eigenvalue weighted by Crippen LogP contribution is 2.28. The average molecular weight is 266 g/mol. The quantitative estimate of drug-likeness (QED) is 0.799. The van der Waals surface area contributed by atoms with Gasteiger partial charge in [0.25, 0.3) is 0 Å². The van der Waals surface area contributed by atoms with Gasteiger partial charge in [0.1, 0.15) is 0 Å². The summed E-state index contributed by atoms with van der Waals surface area (Å²) < 4.78 is 0. The summed E-state index contributed by atoms with van der Waals surface area (Å²) in [7, 11) is 0. The van der Waals surface area contributed by atoms with Crippen LogP contribution in [-0.2, 0) is 0 Å². The van der Waals surface area contributed by atoms with Gasteiger partial charge in [-0.15, -0.1) is 0 Å². The van der Waals surface area contributed by atoms with E-state index >= 15 is 0 Å². The van der Waals surface area contributed by atoms with Gasteiger partial charge in [-0.25, -0.2) is 0 Å². The van der Waals surface area contributed by atoms with Gasteiger partial charge >= 0.3 is 0 Å². The van der Waals surface area contributed by atoms with E-state index in [1.165, 1.54) is 19.3 Å². The van der Waals surface area contributed by atoms with E-state index in [1.807, 2.05) is 0 Å². The molecule has 1 heterocycles. The molecule has 112 valence electrons. The molecule has 1 aliphatic heterocycles. The second kappa shape index (κ2) is 7.81. The lowest BCUT2D eigenvalue weighted by Gasteiger charge is -2.32. The SMILES string of the molecule is CCC(C)C1CC(C(C)C)CC(C(C)C)N/C=C\N1. The maximum absolute atomic E-state index is 3.61. The van der Waals surface area contributed by atoms with Gasteiger partial charge in [0, 0.05) is 24.5 Å². The molecule has 1 aliphatic rings. The second-order valence-electron chi connectivity index (χ2n) is 6.98. The van der Waals surface area contributed by atoms with E-state index in [1.54, 1.807) is 0 Å². The molecule has 0 fully saturated rings. The summed E-state index contributed by atoms with van der Waals surface area (Å²) in [6.45, 7) is 14.1. The molecule has 0 aromatic rings. The van der Waals surface area contributed by atoms with E-state index in [2.05, 4.69) is 64.6 Å². The van der Waals surface area contributed by atoms with Gasteiger partial charge in [-0.05, 0) is 36.5 Å². The van der Waals surface area contributed by atoms with Crippen molar-refractivity contribution in [3.8, 4) is 0 Å². The first-order chi connectivity index (χ1) is 8.95. The van der Waals surface area contributed by atoms with E-state index < -0.39 is 0 Å². The zero-order valence-electron chi connectivity index (χ0n) is 13.7. The molecule has 0 saturated heterocycles. The predicted molar refractivity (Wildman–Crippen MR) is 84.8 cm³/mol. The van der Waals surface area contributed by atoms with Crippen molar-refractivity contribution in [3.05, 3.63) is 12.4 Å². The van der Waals surface area contributed by atoms with Crippen molar-refractivity contribution in [2.24, 2.45) is 23.7 Å². The Morgan fingerprint density at radius 3 is 1.89 bits per heavy atom. The van der Waals surface area contributed by atoms with Crippen LogP contribution in [0.4, 0.5) is 0 Å². The Hall–Kier alpha value is -0.660. The molecule has 1 rings (SSSR count). The largest absolute Gasteiger partial charge is 0.387 e. The fourth-order valence-electron chi connectivity index (χ4n) is 2.92. The lowest BCUT2D eigenvalue weighted by Crippen LogP contribution is -2.36. The van der Waals surface area contributed by atoms with Crippen LogP contribution in [0.3, 0.4) is 0 Å². The normalized spacial score (nSPS) is 31.9. The van der Waals surface area contributed by atoms with E-state index in [-0.39, 0.29) is 0 Å². The van der Waals surface area contributed by atoms with Crippen molar-refractivity contribution in [2.45, 2.75) is 72.9 Å². The molecule has 0 aliphatic carbocycles. The molecule has 0 amide bonds. The molecule has 0 spiro atoms. The Bertz CT molecular complexity index is 270. The molecule has 0 radical (unpaired) electrons. The van der Waals surface area contributed by atoms with E-state index in [0.29, 0.717) is 18.0 Å². The fraction of sp³-hybridized carbons (Fsp3) is 0.882. The average Bonchev–Trinajstić information content (AvgIpc) is 2.47. The number of hydrogen-bond donors (Lipinski definition) is 2. The highest BCUT2D eigenvalue weighted by molar-refractivity contribution is 4.92. The monoisotopic (exact) mass is 266 g/mol. The van der Waals surface area contributed by atoms with E-state index in [9.17, 15) is 0 Å². The summed E-state index contributed by atoms with van der Waals surface area (Å²) in [6.07, 6.45) is 8.06. The molecule has 19 heavy (non-hydrogen) atoms. The lowest BCUT2D eigenvalue weighted by atomic mass is 9.79. The zero-order chi connectivity index (χ0) is 14.4. The lowest BCUT2D eigenvalue weighted by molar-refractivity contribution is 0.231. The van der Waals surface area contributed by atoms with E-state index in [0.717, 1.165) is 17.8 Å². The maximum Gasteiger partial charge on any atom is 0.0284 e. The van der Waals surface area contributed by atoms with Crippen molar-refractivity contribution in [1.82, 2.24) is 10.6 Å². The minimum absolute atomic E-state index is 0.598. The van der Waals surface area contributed by atoms with Crippen molar-refractivity contribution < 1.29 is 0 Å². The van der Waals surface area contributed by atoms with Crippen molar-refractivity contribution >= 4 is 0 Å². The Labute approximate surface area is 120 Å². The highest BCUT2D eigenvalue weighted by atomic mass is 15.0. The van der Waals surface area contributed by atoms with Crippen LogP contribution in [0.15, 0.2) is 12.4 Å². The van der Waals surface area contributed by atoms with Crippen LogP contribution in [0, 0.1) is 23.7 Å². The molecule has 2 N–H and O–H groups in total. The van der Waals surface area contributed by atoms with Crippen molar-refractivity contribution in [3.63, 3.8) is 0 Å². The van der Waals surface area contributed by atoms with Crippen LogP contribution in [0.5, 0.6) is 0 Å². The summed E-state index contributed by atoms with van der Waals surface area (Å²) in [5.74, 6) is 2.98. The molecule has 0 bridgehead atoms. The van der Waals surface area contributed by atoms with Crippen LogP contribution >= 0.6 is 0 Å². The summed E-state index contributed by atoms with van der Waals surface area (Å²) in [6, 6.07) is 1.21. The molecule has 4 unspecified atom stereocenters. The number of rotatable bonds is 4. The summed E-state index contributed by atoms with van der Waals surface area (Å²) in [4.78, 5) is 0. The molecule has 0 aromatic heterocycles. The van der Waals surface area contributed by atoms with Crippen LogP contribution in [0.25, 0.3) is 0 Å². The zero-order valence-corrected chi connectivity index (χ0v) is 13.7. The Morgan fingerprint density at radius 2 is 1.42 bits per heavy atom. The molecule has 0 aromatic carbocycles. The smallest absolute Gasteiger partial charge is 0.0284 e. The first kappa shape index (κ1) is 16.4. The molecule has 4 atom stereocenters.